The fraction of sp³-hybridized carbons (Fsp3) is 0.833. The fourth-order valence-corrected chi connectivity index (χ4v) is 1.81. The minimum atomic E-state index is -1.36. The molecule has 0 bridgehead atoms. The quantitative estimate of drug-likeness (QED) is 0.424. The van der Waals surface area contributed by atoms with Crippen molar-refractivity contribution in [3.8, 4) is 0 Å². The molecule has 0 aliphatic heterocycles. The largest absolute Gasteiger partial charge is 0.390 e. The summed E-state index contributed by atoms with van der Waals surface area (Å²) < 4.78 is 0. The molecule has 0 spiro atoms. The number of rotatable bonds is 3. The van der Waals surface area contributed by atoms with Crippen LogP contribution in [0.1, 0.15) is 33.6 Å². The summed E-state index contributed by atoms with van der Waals surface area (Å²) in [4.78, 5) is 0. The molecule has 0 saturated carbocycles. The third-order valence-electron chi connectivity index (χ3n) is 3.29. The highest BCUT2D eigenvalue weighted by Gasteiger charge is 2.38. The lowest BCUT2D eigenvalue weighted by Crippen LogP contribution is -2.46. The molecule has 1 aliphatic rings. The molecule has 1 rings (SSSR count). The molecule has 4 atom stereocenters. The van der Waals surface area contributed by atoms with Crippen molar-refractivity contribution < 1.29 is 25.5 Å². The molecular formula is C12H22O5. The zero-order valence-corrected chi connectivity index (χ0v) is 10.5. The van der Waals surface area contributed by atoms with Crippen LogP contribution in [0.25, 0.3) is 0 Å². The van der Waals surface area contributed by atoms with Gasteiger partial charge in [0.2, 0.25) is 0 Å². The molecule has 0 saturated heterocycles. The average molecular weight is 246 g/mol. The van der Waals surface area contributed by atoms with Gasteiger partial charge in [0.1, 0.15) is 6.10 Å². The number of hydrogen-bond donors (Lipinski definition) is 5. The molecule has 0 aromatic carbocycles. The molecule has 0 unspecified atom stereocenters. The molecule has 0 amide bonds. The maximum Gasteiger partial charge on any atom is 0.101 e. The summed E-state index contributed by atoms with van der Waals surface area (Å²) in [5.41, 5.74) is -2.19. The summed E-state index contributed by atoms with van der Waals surface area (Å²) in [6.45, 7) is 4.39. The Hall–Kier alpha value is -0.460. The molecule has 17 heavy (non-hydrogen) atoms. The van der Waals surface area contributed by atoms with E-state index in [0.717, 1.165) is 0 Å². The number of hydrogen-bond acceptors (Lipinski definition) is 5. The second kappa shape index (κ2) is 4.66. The summed E-state index contributed by atoms with van der Waals surface area (Å²) in [6, 6.07) is 0. The smallest absolute Gasteiger partial charge is 0.101 e. The summed E-state index contributed by atoms with van der Waals surface area (Å²) in [5, 5.41) is 48.5. The molecule has 5 heteroatoms. The highest BCUT2D eigenvalue weighted by atomic mass is 16.3. The highest BCUT2D eigenvalue weighted by molar-refractivity contribution is 5.20. The Morgan fingerprint density at radius 2 is 2.00 bits per heavy atom. The van der Waals surface area contributed by atoms with Gasteiger partial charge in [0.05, 0.1) is 23.4 Å². The van der Waals surface area contributed by atoms with Gasteiger partial charge in [-0.15, -0.1) is 0 Å². The van der Waals surface area contributed by atoms with E-state index in [9.17, 15) is 25.5 Å². The maximum absolute atomic E-state index is 9.80. The van der Waals surface area contributed by atoms with E-state index >= 15 is 0 Å². The van der Waals surface area contributed by atoms with Gasteiger partial charge in [0.15, 0.2) is 0 Å². The summed E-state index contributed by atoms with van der Waals surface area (Å²) in [5.74, 6) is 0. The van der Waals surface area contributed by atoms with E-state index in [0.29, 0.717) is 5.57 Å². The van der Waals surface area contributed by atoms with Crippen molar-refractivity contribution in [1.29, 1.82) is 0 Å². The van der Waals surface area contributed by atoms with E-state index in [2.05, 4.69) is 0 Å². The van der Waals surface area contributed by atoms with Crippen LogP contribution in [0.4, 0.5) is 0 Å². The van der Waals surface area contributed by atoms with Crippen molar-refractivity contribution >= 4 is 0 Å². The SMILES string of the molecule is CC(C)(O)[C@@H](O)CC1=C[C@H](O)[C@](C)(O)C[C@H]1O. The first-order valence-electron chi connectivity index (χ1n) is 5.73. The third-order valence-corrected chi connectivity index (χ3v) is 3.29. The van der Waals surface area contributed by atoms with Crippen LogP contribution in [0.2, 0.25) is 0 Å². The Morgan fingerprint density at radius 3 is 2.47 bits per heavy atom. The van der Waals surface area contributed by atoms with Gasteiger partial charge in [0.25, 0.3) is 0 Å². The fourth-order valence-electron chi connectivity index (χ4n) is 1.81. The van der Waals surface area contributed by atoms with Crippen LogP contribution in [0, 0.1) is 0 Å². The number of aliphatic hydroxyl groups excluding tert-OH is 3. The van der Waals surface area contributed by atoms with Gasteiger partial charge in [-0.1, -0.05) is 6.08 Å². The van der Waals surface area contributed by atoms with E-state index in [-0.39, 0.29) is 12.8 Å². The van der Waals surface area contributed by atoms with E-state index < -0.39 is 29.5 Å². The van der Waals surface area contributed by atoms with E-state index in [1.54, 1.807) is 0 Å². The van der Waals surface area contributed by atoms with Crippen molar-refractivity contribution in [2.75, 3.05) is 0 Å². The Bertz CT molecular complexity index is 303. The van der Waals surface area contributed by atoms with Crippen molar-refractivity contribution in [1.82, 2.24) is 0 Å². The molecule has 5 N–H and O–H groups in total. The first kappa shape index (κ1) is 14.6. The standard InChI is InChI=1S/C12H22O5/c1-11(2,16)9(14)4-7-5-10(15)12(3,17)6-8(7)13/h5,8-10,13-17H,4,6H2,1-3H3/t8-,9+,10+,12-/m1/s1. The molecule has 0 radical (unpaired) electrons. The Balaban J connectivity index is 2.79. The zero-order valence-electron chi connectivity index (χ0n) is 10.5. The predicted molar refractivity (Wildman–Crippen MR) is 62.3 cm³/mol. The molecular weight excluding hydrogens is 224 g/mol. The van der Waals surface area contributed by atoms with Crippen LogP contribution in [0.3, 0.4) is 0 Å². The first-order valence-corrected chi connectivity index (χ1v) is 5.73. The highest BCUT2D eigenvalue weighted by Crippen LogP contribution is 2.31. The second-order valence-corrected chi connectivity index (χ2v) is 5.64. The van der Waals surface area contributed by atoms with Crippen LogP contribution in [0.5, 0.6) is 0 Å². The van der Waals surface area contributed by atoms with Gasteiger partial charge in [-0.2, -0.15) is 0 Å². The lowest BCUT2D eigenvalue weighted by molar-refractivity contribution is -0.0783. The van der Waals surface area contributed by atoms with Crippen molar-refractivity contribution in [2.24, 2.45) is 0 Å². The van der Waals surface area contributed by atoms with Crippen molar-refractivity contribution in [2.45, 2.75) is 63.1 Å². The van der Waals surface area contributed by atoms with Crippen LogP contribution >= 0.6 is 0 Å². The maximum atomic E-state index is 9.80. The molecule has 1 aliphatic carbocycles. The summed E-state index contributed by atoms with van der Waals surface area (Å²) in [7, 11) is 0. The molecule has 5 nitrogen and oxygen atoms in total. The minimum Gasteiger partial charge on any atom is -0.390 e. The minimum absolute atomic E-state index is 0.0125. The molecule has 0 fully saturated rings. The van der Waals surface area contributed by atoms with Gasteiger partial charge >= 0.3 is 0 Å². The predicted octanol–water partition coefficient (Wildman–Crippen LogP) is -0.689. The van der Waals surface area contributed by atoms with E-state index in [4.69, 9.17) is 0 Å². The van der Waals surface area contributed by atoms with E-state index in [1.807, 2.05) is 0 Å². The average Bonchev–Trinajstić information content (AvgIpc) is 2.11. The van der Waals surface area contributed by atoms with Gasteiger partial charge in [-0.05, 0) is 32.8 Å². The van der Waals surface area contributed by atoms with Crippen LogP contribution in [0.15, 0.2) is 11.6 Å². The topological polar surface area (TPSA) is 101 Å². The Labute approximate surface area is 101 Å². The van der Waals surface area contributed by atoms with Crippen molar-refractivity contribution in [3.05, 3.63) is 11.6 Å². The Kier molecular flexibility index (Phi) is 4.01. The third kappa shape index (κ3) is 3.50. The van der Waals surface area contributed by atoms with Gasteiger partial charge in [-0.3, -0.25) is 0 Å². The van der Waals surface area contributed by atoms with Crippen LogP contribution < -0.4 is 0 Å². The molecule has 0 heterocycles. The molecule has 0 aromatic heterocycles. The number of aliphatic hydroxyl groups is 5. The van der Waals surface area contributed by atoms with E-state index in [1.165, 1.54) is 26.8 Å². The lowest BCUT2D eigenvalue weighted by Gasteiger charge is -2.37. The molecule has 100 valence electrons. The van der Waals surface area contributed by atoms with Gasteiger partial charge in [-0.25, -0.2) is 0 Å². The zero-order chi connectivity index (χ0) is 13.4. The van der Waals surface area contributed by atoms with Crippen molar-refractivity contribution in [3.63, 3.8) is 0 Å². The second-order valence-electron chi connectivity index (χ2n) is 5.64. The van der Waals surface area contributed by atoms with Gasteiger partial charge in [0, 0.05) is 6.42 Å². The first-order chi connectivity index (χ1) is 7.54. The van der Waals surface area contributed by atoms with Crippen LogP contribution in [-0.4, -0.2) is 55.0 Å². The lowest BCUT2D eigenvalue weighted by atomic mass is 9.80. The summed E-state index contributed by atoms with van der Waals surface area (Å²) in [6.07, 6.45) is -1.58. The van der Waals surface area contributed by atoms with Crippen LogP contribution in [-0.2, 0) is 0 Å². The molecule has 0 aromatic rings. The monoisotopic (exact) mass is 246 g/mol. The Morgan fingerprint density at radius 1 is 1.47 bits per heavy atom. The van der Waals surface area contributed by atoms with Gasteiger partial charge < -0.3 is 25.5 Å². The summed E-state index contributed by atoms with van der Waals surface area (Å²) >= 11 is 0. The normalized spacial score (nSPS) is 36.6.